The molecule has 0 aliphatic carbocycles. The number of hydrogen-bond acceptors (Lipinski definition) is 2. The van der Waals surface area contributed by atoms with E-state index in [0.717, 1.165) is 36.7 Å². The average Bonchev–Trinajstić information content (AvgIpc) is 2.89. The van der Waals surface area contributed by atoms with Crippen molar-refractivity contribution >= 4 is 11.6 Å². The Kier molecular flexibility index (Phi) is 5.43. The van der Waals surface area contributed by atoms with Crippen LogP contribution in [0, 0.1) is 0 Å². The number of imidazole rings is 1. The van der Waals surface area contributed by atoms with Gasteiger partial charge in [0.05, 0.1) is 0 Å². The van der Waals surface area contributed by atoms with Gasteiger partial charge in [-0.25, -0.2) is 4.98 Å². The van der Waals surface area contributed by atoms with Crippen LogP contribution in [0.4, 0.5) is 0 Å². The van der Waals surface area contributed by atoms with E-state index in [9.17, 15) is 0 Å². The summed E-state index contributed by atoms with van der Waals surface area (Å²) in [6.07, 6.45) is 6.65. The Balaban J connectivity index is 2.00. The van der Waals surface area contributed by atoms with E-state index < -0.39 is 0 Å². The summed E-state index contributed by atoms with van der Waals surface area (Å²) in [6, 6.07) is 8.44. The van der Waals surface area contributed by atoms with Crippen LogP contribution in [-0.2, 0) is 12.8 Å². The third-order valence-corrected chi connectivity index (χ3v) is 3.28. The van der Waals surface area contributed by atoms with Crippen LogP contribution in [0.2, 0.25) is 5.02 Å². The van der Waals surface area contributed by atoms with E-state index in [1.807, 2.05) is 24.4 Å². The van der Waals surface area contributed by atoms with Crippen LogP contribution in [0.5, 0.6) is 0 Å². The first-order chi connectivity index (χ1) is 9.28. The van der Waals surface area contributed by atoms with Crippen LogP contribution in [0.25, 0.3) is 0 Å². The number of halogens is 1. The third-order valence-electron chi connectivity index (χ3n) is 3.05. The predicted molar refractivity (Wildman–Crippen MR) is 79.5 cm³/mol. The van der Waals surface area contributed by atoms with Crippen molar-refractivity contribution in [3.63, 3.8) is 0 Å². The van der Waals surface area contributed by atoms with Gasteiger partial charge in [0.1, 0.15) is 5.82 Å². The molecule has 1 aromatic heterocycles. The number of aromatic nitrogens is 2. The van der Waals surface area contributed by atoms with Gasteiger partial charge in [-0.15, -0.1) is 0 Å². The minimum atomic E-state index is 0.379. The monoisotopic (exact) mass is 277 g/mol. The first-order valence-electron chi connectivity index (χ1n) is 6.74. The zero-order chi connectivity index (χ0) is 13.5. The van der Waals surface area contributed by atoms with Gasteiger partial charge in [-0.05, 0) is 37.1 Å². The molecule has 0 bridgehead atoms. The zero-order valence-electron chi connectivity index (χ0n) is 11.2. The molecule has 1 unspecified atom stereocenters. The topological polar surface area (TPSA) is 40.7 Å². The quantitative estimate of drug-likeness (QED) is 0.816. The maximum atomic E-state index is 6.04. The Bertz CT molecular complexity index is 482. The molecule has 0 radical (unpaired) electrons. The predicted octanol–water partition coefficient (Wildman–Crippen LogP) is 3.22. The Morgan fingerprint density at radius 2 is 2.26 bits per heavy atom. The normalized spacial score (nSPS) is 12.5. The highest BCUT2D eigenvalue weighted by atomic mass is 35.5. The second-order valence-electron chi connectivity index (χ2n) is 4.73. The molecule has 2 aromatic rings. The summed E-state index contributed by atoms with van der Waals surface area (Å²) in [6.45, 7) is 3.20. The van der Waals surface area contributed by atoms with Gasteiger partial charge in [0.2, 0.25) is 0 Å². The van der Waals surface area contributed by atoms with Gasteiger partial charge in [0.25, 0.3) is 0 Å². The molecule has 19 heavy (non-hydrogen) atoms. The van der Waals surface area contributed by atoms with Gasteiger partial charge in [-0.3, -0.25) is 0 Å². The second kappa shape index (κ2) is 7.31. The molecular weight excluding hydrogens is 258 g/mol. The second-order valence-corrected chi connectivity index (χ2v) is 5.16. The van der Waals surface area contributed by atoms with Crippen molar-refractivity contribution < 1.29 is 0 Å². The SMILES string of the molecule is CCCNC(Cc1cccc(Cl)c1)Cc1ncc[nH]1. The van der Waals surface area contributed by atoms with Crippen molar-refractivity contribution in [1.29, 1.82) is 0 Å². The van der Waals surface area contributed by atoms with Gasteiger partial charge in [0, 0.05) is 29.9 Å². The number of H-pyrrole nitrogens is 1. The minimum Gasteiger partial charge on any atom is -0.349 e. The molecule has 0 saturated carbocycles. The summed E-state index contributed by atoms with van der Waals surface area (Å²) in [5.41, 5.74) is 1.26. The van der Waals surface area contributed by atoms with E-state index in [2.05, 4.69) is 28.3 Å². The van der Waals surface area contributed by atoms with Gasteiger partial charge < -0.3 is 10.3 Å². The number of nitrogens with one attached hydrogen (secondary N) is 2. The maximum absolute atomic E-state index is 6.04. The van der Waals surface area contributed by atoms with Crippen LogP contribution in [0.3, 0.4) is 0 Å². The third kappa shape index (κ3) is 4.69. The van der Waals surface area contributed by atoms with Crippen LogP contribution in [0.15, 0.2) is 36.7 Å². The smallest absolute Gasteiger partial charge is 0.107 e. The molecular formula is C15H20ClN3. The van der Waals surface area contributed by atoms with Gasteiger partial charge in [0.15, 0.2) is 0 Å². The van der Waals surface area contributed by atoms with Crippen molar-refractivity contribution in [2.75, 3.05) is 6.54 Å². The fourth-order valence-corrected chi connectivity index (χ4v) is 2.37. The summed E-state index contributed by atoms with van der Waals surface area (Å²) < 4.78 is 0. The molecule has 0 fully saturated rings. The number of rotatable bonds is 7. The average molecular weight is 278 g/mol. The van der Waals surface area contributed by atoms with E-state index in [1.165, 1.54) is 5.56 Å². The molecule has 1 heterocycles. The molecule has 2 N–H and O–H groups in total. The molecule has 1 atom stereocenters. The summed E-state index contributed by atoms with van der Waals surface area (Å²) >= 11 is 6.04. The highest BCUT2D eigenvalue weighted by Gasteiger charge is 2.11. The van der Waals surface area contributed by atoms with Crippen molar-refractivity contribution in [3.8, 4) is 0 Å². The first-order valence-corrected chi connectivity index (χ1v) is 7.12. The Labute approximate surface area is 119 Å². The Hall–Kier alpha value is -1.32. The zero-order valence-corrected chi connectivity index (χ0v) is 12.0. The summed E-state index contributed by atoms with van der Waals surface area (Å²) in [7, 11) is 0. The minimum absolute atomic E-state index is 0.379. The fourth-order valence-electron chi connectivity index (χ4n) is 2.16. The number of aromatic amines is 1. The van der Waals surface area contributed by atoms with Crippen molar-refractivity contribution in [2.45, 2.75) is 32.2 Å². The summed E-state index contributed by atoms with van der Waals surface area (Å²) in [5.74, 6) is 1.02. The van der Waals surface area contributed by atoms with Crippen LogP contribution >= 0.6 is 11.6 Å². The van der Waals surface area contributed by atoms with E-state index in [-0.39, 0.29) is 0 Å². The molecule has 0 aliphatic rings. The maximum Gasteiger partial charge on any atom is 0.107 e. The lowest BCUT2D eigenvalue weighted by molar-refractivity contribution is 0.497. The molecule has 0 aliphatic heterocycles. The Morgan fingerprint density at radius 1 is 1.37 bits per heavy atom. The standard InChI is InChI=1S/C15H20ClN3/c1-2-6-17-14(11-15-18-7-8-19-15)10-12-4-3-5-13(16)9-12/h3-5,7-9,14,17H,2,6,10-11H2,1H3,(H,18,19). The molecule has 1 aromatic carbocycles. The molecule has 3 nitrogen and oxygen atoms in total. The Morgan fingerprint density at radius 3 is 2.95 bits per heavy atom. The summed E-state index contributed by atoms with van der Waals surface area (Å²) in [5, 5.41) is 4.37. The van der Waals surface area contributed by atoms with Gasteiger partial charge in [-0.1, -0.05) is 30.7 Å². The highest BCUT2D eigenvalue weighted by Crippen LogP contribution is 2.13. The summed E-state index contributed by atoms with van der Waals surface area (Å²) in [4.78, 5) is 7.47. The number of hydrogen-bond donors (Lipinski definition) is 2. The lowest BCUT2D eigenvalue weighted by Gasteiger charge is -2.17. The molecule has 102 valence electrons. The van der Waals surface area contributed by atoms with E-state index in [0.29, 0.717) is 6.04 Å². The van der Waals surface area contributed by atoms with Crippen molar-refractivity contribution in [1.82, 2.24) is 15.3 Å². The first kappa shape index (κ1) is 14.1. The van der Waals surface area contributed by atoms with Crippen LogP contribution in [0.1, 0.15) is 24.7 Å². The highest BCUT2D eigenvalue weighted by molar-refractivity contribution is 6.30. The van der Waals surface area contributed by atoms with Crippen molar-refractivity contribution in [3.05, 3.63) is 53.1 Å². The molecule has 0 saturated heterocycles. The molecule has 0 amide bonds. The largest absolute Gasteiger partial charge is 0.349 e. The van der Waals surface area contributed by atoms with Crippen LogP contribution in [-0.4, -0.2) is 22.6 Å². The van der Waals surface area contributed by atoms with E-state index in [1.54, 1.807) is 6.20 Å². The van der Waals surface area contributed by atoms with Crippen LogP contribution < -0.4 is 5.32 Å². The fraction of sp³-hybridized carbons (Fsp3) is 0.400. The lowest BCUT2D eigenvalue weighted by atomic mass is 10.0. The molecule has 0 spiro atoms. The lowest BCUT2D eigenvalue weighted by Crippen LogP contribution is -2.34. The number of benzene rings is 1. The van der Waals surface area contributed by atoms with E-state index in [4.69, 9.17) is 11.6 Å². The number of nitrogens with zero attached hydrogens (tertiary/aromatic N) is 1. The van der Waals surface area contributed by atoms with E-state index >= 15 is 0 Å². The molecule has 4 heteroatoms. The van der Waals surface area contributed by atoms with Gasteiger partial charge >= 0.3 is 0 Å². The van der Waals surface area contributed by atoms with Crippen molar-refractivity contribution in [2.24, 2.45) is 0 Å². The molecule has 2 rings (SSSR count). The van der Waals surface area contributed by atoms with Gasteiger partial charge in [-0.2, -0.15) is 0 Å².